The van der Waals surface area contributed by atoms with Gasteiger partial charge in [-0.25, -0.2) is 9.97 Å². The zero-order valence-electron chi connectivity index (χ0n) is 19.6. The Kier molecular flexibility index (Phi) is 8.25. The zero-order chi connectivity index (χ0) is 24.9. The summed E-state index contributed by atoms with van der Waals surface area (Å²) >= 11 is 7.42. The number of nitrogens with two attached hydrogens (primary N) is 1. The fraction of sp³-hybridized carbons (Fsp3) is 0.458. The Morgan fingerprint density at radius 2 is 1.91 bits per heavy atom. The number of aromatic nitrogens is 2. The van der Waals surface area contributed by atoms with E-state index in [1.807, 2.05) is 42.2 Å². The number of carbonyl (C=O) groups excluding carboxylic acids is 3. The van der Waals surface area contributed by atoms with E-state index in [0.29, 0.717) is 49.1 Å². The van der Waals surface area contributed by atoms with Gasteiger partial charge in [-0.05, 0) is 38.3 Å². The summed E-state index contributed by atoms with van der Waals surface area (Å²) in [6.07, 6.45) is 2.18. The minimum Gasteiger partial charge on any atom is -0.353 e. The number of halogens is 1. The summed E-state index contributed by atoms with van der Waals surface area (Å²) in [5.41, 5.74) is 6.56. The van der Waals surface area contributed by atoms with Gasteiger partial charge in [0.1, 0.15) is 11.0 Å². The van der Waals surface area contributed by atoms with Crippen molar-refractivity contribution in [3.63, 3.8) is 0 Å². The number of imide groups is 1. The van der Waals surface area contributed by atoms with Gasteiger partial charge in [-0.1, -0.05) is 41.6 Å². The lowest BCUT2D eigenvalue weighted by atomic mass is 10.1. The number of anilines is 1. The normalized spacial score (nSPS) is 21.1. The maximum absolute atomic E-state index is 12.9. The maximum atomic E-state index is 12.9. The molecule has 1 aromatic carbocycles. The Morgan fingerprint density at radius 3 is 2.66 bits per heavy atom. The van der Waals surface area contributed by atoms with Crippen molar-refractivity contribution in [2.45, 2.75) is 43.4 Å². The lowest BCUT2D eigenvalue weighted by molar-refractivity contribution is -0.143. The van der Waals surface area contributed by atoms with Crippen LogP contribution in [0.15, 0.2) is 41.6 Å². The minimum absolute atomic E-state index is 0.0102. The van der Waals surface area contributed by atoms with E-state index < -0.39 is 6.04 Å². The van der Waals surface area contributed by atoms with Gasteiger partial charge in [-0.15, -0.1) is 0 Å². The number of benzene rings is 1. The number of hydrogen-bond acceptors (Lipinski definition) is 8. The smallest absolute Gasteiger partial charge is 0.254 e. The van der Waals surface area contributed by atoms with E-state index in [9.17, 15) is 14.4 Å². The second-order valence-electron chi connectivity index (χ2n) is 8.77. The fourth-order valence-corrected chi connectivity index (χ4v) is 5.30. The topological polar surface area (TPSA) is 113 Å². The van der Waals surface area contributed by atoms with Gasteiger partial charge in [0.05, 0.1) is 11.8 Å². The van der Waals surface area contributed by atoms with E-state index in [-0.39, 0.29) is 34.7 Å². The molecule has 0 spiro atoms. The summed E-state index contributed by atoms with van der Waals surface area (Å²) < 4.78 is 0. The molecule has 2 aliphatic rings. The van der Waals surface area contributed by atoms with Gasteiger partial charge in [-0.2, -0.15) is 0 Å². The molecule has 11 heteroatoms. The first kappa shape index (κ1) is 25.4. The number of thioether (sulfide) groups is 1. The maximum Gasteiger partial charge on any atom is 0.254 e. The number of amides is 3. The molecule has 0 saturated carbocycles. The molecule has 0 aliphatic carbocycles. The van der Waals surface area contributed by atoms with E-state index in [4.69, 9.17) is 17.3 Å². The second-order valence-corrected chi connectivity index (χ2v) is 10.1. The van der Waals surface area contributed by atoms with Crippen LogP contribution in [0, 0.1) is 0 Å². The molecule has 2 N–H and O–H groups in total. The summed E-state index contributed by atoms with van der Waals surface area (Å²) in [6.45, 7) is 4.13. The van der Waals surface area contributed by atoms with Crippen molar-refractivity contribution in [2.75, 3.05) is 36.8 Å². The van der Waals surface area contributed by atoms with Crippen LogP contribution in [0.3, 0.4) is 0 Å². The fourth-order valence-electron chi connectivity index (χ4n) is 4.35. The third-order valence-electron chi connectivity index (χ3n) is 6.25. The van der Waals surface area contributed by atoms with Crippen molar-refractivity contribution in [1.82, 2.24) is 19.8 Å². The molecular weight excluding hydrogens is 488 g/mol. The van der Waals surface area contributed by atoms with Crippen LogP contribution in [0.1, 0.15) is 36.5 Å². The van der Waals surface area contributed by atoms with Crippen molar-refractivity contribution >= 4 is 46.9 Å². The van der Waals surface area contributed by atoms with E-state index in [2.05, 4.69) is 14.9 Å². The van der Waals surface area contributed by atoms with Crippen molar-refractivity contribution in [2.24, 2.45) is 5.73 Å². The Labute approximate surface area is 214 Å². The first-order valence-corrected chi connectivity index (χ1v) is 13.1. The van der Waals surface area contributed by atoms with Crippen molar-refractivity contribution in [1.29, 1.82) is 0 Å². The number of likely N-dealkylation sites (tertiary alicyclic amines) is 1. The molecule has 1 aromatic heterocycles. The van der Waals surface area contributed by atoms with Gasteiger partial charge in [-0.3, -0.25) is 19.3 Å². The van der Waals surface area contributed by atoms with Crippen LogP contribution in [-0.2, 0) is 9.59 Å². The number of nitrogens with zero attached hydrogens (tertiary/aromatic N) is 5. The van der Waals surface area contributed by atoms with Gasteiger partial charge >= 0.3 is 0 Å². The number of piperazine rings is 1. The molecule has 3 amide bonds. The van der Waals surface area contributed by atoms with E-state index in [1.165, 1.54) is 4.90 Å². The monoisotopic (exact) mass is 516 g/mol. The average Bonchev–Trinajstić information content (AvgIpc) is 3.03. The molecule has 2 saturated heterocycles. The Hall–Kier alpha value is -2.69. The summed E-state index contributed by atoms with van der Waals surface area (Å²) in [4.78, 5) is 52.0. The molecule has 2 unspecified atom stereocenters. The van der Waals surface area contributed by atoms with Crippen LogP contribution in [0.4, 0.5) is 5.82 Å². The highest BCUT2D eigenvalue weighted by atomic mass is 35.5. The Morgan fingerprint density at radius 1 is 1.14 bits per heavy atom. The lowest BCUT2D eigenvalue weighted by Gasteiger charge is -2.40. The van der Waals surface area contributed by atoms with Crippen molar-refractivity contribution < 1.29 is 14.4 Å². The molecule has 3 heterocycles. The molecule has 4 rings (SSSR count). The lowest BCUT2D eigenvalue weighted by Crippen LogP contribution is -2.54. The molecule has 0 radical (unpaired) electrons. The van der Waals surface area contributed by atoms with Crippen molar-refractivity contribution in [3.8, 4) is 0 Å². The Balaban J connectivity index is 1.39. The van der Waals surface area contributed by atoms with Crippen LogP contribution in [0.2, 0.25) is 5.15 Å². The van der Waals surface area contributed by atoms with Gasteiger partial charge in [0.2, 0.25) is 11.8 Å². The first-order chi connectivity index (χ1) is 16.8. The molecule has 2 aliphatic heterocycles. The summed E-state index contributed by atoms with van der Waals surface area (Å²) in [6, 6.07) is 10.3. The quantitative estimate of drug-likeness (QED) is 0.366. The molecular formula is C24H29ClN6O3S. The van der Waals surface area contributed by atoms with Crippen LogP contribution >= 0.6 is 23.4 Å². The summed E-state index contributed by atoms with van der Waals surface area (Å²) in [5, 5.41) is 0.635. The van der Waals surface area contributed by atoms with Crippen molar-refractivity contribution in [3.05, 3.63) is 47.1 Å². The van der Waals surface area contributed by atoms with E-state index in [1.54, 1.807) is 6.07 Å². The third kappa shape index (κ3) is 6.12. The predicted octanol–water partition coefficient (Wildman–Crippen LogP) is 2.44. The standard InChI is InChI=1S/C24H29ClN6O3S/c1-16-14-29(11-12-30(16)22(33)17-7-3-2-4-8-17)20-13-19(25)27-24(28-20)35-15-21(32)31-10-6-5-9-18(26)23(31)34/h2-4,7-8,13,16,18H,5-6,9-12,14-15,26H2,1H3. The van der Waals surface area contributed by atoms with Gasteiger partial charge in [0.25, 0.3) is 5.91 Å². The molecule has 2 atom stereocenters. The number of rotatable bonds is 5. The molecule has 0 bridgehead atoms. The third-order valence-corrected chi connectivity index (χ3v) is 7.28. The van der Waals surface area contributed by atoms with Gasteiger partial charge < -0.3 is 15.5 Å². The predicted molar refractivity (Wildman–Crippen MR) is 135 cm³/mol. The summed E-state index contributed by atoms with van der Waals surface area (Å²) in [5.74, 6) is 0.0536. The van der Waals surface area contributed by atoms with Gasteiger partial charge in [0, 0.05) is 43.9 Å². The van der Waals surface area contributed by atoms with Gasteiger partial charge in [0.15, 0.2) is 5.16 Å². The summed E-state index contributed by atoms with van der Waals surface area (Å²) in [7, 11) is 0. The Bertz CT molecular complexity index is 1090. The number of carbonyl (C=O) groups is 3. The molecule has 2 aromatic rings. The molecule has 2 fully saturated rings. The van der Waals surface area contributed by atoms with Crippen LogP contribution in [-0.4, -0.2) is 81.5 Å². The first-order valence-electron chi connectivity index (χ1n) is 11.7. The number of hydrogen-bond donors (Lipinski definition) is 1. The van der Waals surface area contributed by atoms with E-state index >= 15 is 0 Å². The molecule has 186 valence electrons. The SMILES string of the molecule is CC1CN(c2cc(Cl)nc(SCC(=O)N3CCCCC(N)C3=O)n2)CCN1C(=O)c1ccccc1. The highest BCUT2D eigenvalue weighted by Gasteiger charge is 2.30. The van der Waals surface area contributed by atoms with E-state index in [0.717, 1.165) is 24.6 Å². The highest BCUT2D eigenvalue weighted by molar-refractivity contribution is 7.99. The minimum atomic E-state index is -0.630. The molecule has 9 nitrogen and oxygen atoms in total. The largest absolute Gasteiger partial charge is 0.353 e. The molecule has 35 heavy (non-hydrogen) atoms. The average molecular weight is 517 g/mol. The van der Waals surface area contributed by atoms with Crippen LogP contribution in [0.5, 0.6) is 0 Å². The van der Waals surface area contributed by atoms with Crippen LogP contribution in [0.25, 0.3) is 0 Å². The second kappa shape index (κ2) is 11.4. The zero-order valence-corrected chi connectivity index (χ0v) is 21.2. The van der Waals surface area contributed by atoms with Crippen LogP contribution < -0.4 is 10.6 Å². The highest BCUT2D eigenvalue weighted by Crippen LogP contribution is 2.25.